The molecule has 0 aliphatic carbocycles. The Kier molecular flexibility index (Phi) is 5.25. The van der Waals surface area contributed by atoms with E-state index in [0.29, 0.717) is 14.9 Å². The first-order valence-electron chi connectivity index (χ1n) is 7.12. The molecule has 0 bridgehead atoms. The van der Waals surface area contributed by atoms with Gasteiger partial charge in [0.25, 0.3) is 0 Å². The van der Waals surface area contributed by atoms with Gasteiger partial charge in [-0.25, -0.2) is 4.98 Å². The van der Waals surface area contributed by atoms with Gasteiger partial charge in [-0.3, -0.25) is 4.79 Å². The van der Waals surface area contributed by atoms with E-state index in [4.69, 9.17) is 9.84 Å². The van der Waals surface area contributed by atoms with Crippen molar-refractivity contribution in [2.45, 2.75) is 30.6 Å². The number of ether oxygens (including phenoxy) is 1. The highest BCUT2D eigenvalue weighted by Gasteiger charge is 2.43. The van der Waals surface area contributed by atoms with Crippen molar-refractivity contribution < 1.29 is 30.0 Å². The molecule has 5 N–H and O–H groups in total. The van der Waals surface area contributed by atoms with E-state index in [1.807, 2.05) is 0 Å². The zero-order valence-corrected chi connectivity index (χ0v) is 13.9. The fraction of sp³-hybridized carbons (Fsp3) is 0.429. The number of hydrogen-bond donors (Lipinski definition) is 5. The average Bonchev–Trinajstić information content (AvgIpc) is 3.26. The molecule has 1 aliphatic heterocycles. The van der Waals surface area contributed by atoms with Crippen molar-refractivity contribution in [3.63, 3.8) is 0 Å². The topological polar surface area (TPSA) is 132 Å². The van der Waals surface area contributed by atoms with Crippen LogP contribution in [0, 0.1) is 0 Å². The highest BCUT2D eigenvalue weighted by atomic mass is 32.1. The van der Waals surface area contributed by atoms with E-state index in [1.54, 1.807) is 17.5 Å². The number of anilines is 1. The van der Waals surface area contributed by atoms with E-state index < -0.39 is 37.3 Å². The third kappa shape index (κ3) is 3.35. The minimum absolute atomic E-state index is 0.149. The number of aliphatic hydroxyl groups is 4. The Morgan fingerprint density at radius 2 is 2.04 bits per heavy atom. The molecule has 0 spiro atoms. The van der Waals surface area contributed by atoms with Crippen molar-refractivity contribution in [2.75, 3.05) is 11.9 Å². The van der Waals surface area contributed by atoms with E-state index >= 15 is 0 Å². The average molecular weight is 372 g/mol. The number of carbonyl (C=O) groups excluding carboxylic acids is 1. The summed E-state index contributed by atoms with van der Waals surface area (Å²) in [6, 6.07) is 3.50. The van der Waals surface area contributed by atoms with Crippen molar-refractivity contribution in [1.29, 1.82) is 0 Å². The summed E-state index contributed by atoms with van der Waals surface area (Å²) < 4.78 is 5.34. The molecule has 3 heterocycles. The van der Waals surface area contributed by atoms with Crippen LogP contribution in [-0.4, -0.2) is 68.4 Å². The number of thiazole rings is 1. The lowest BCUT2D eigenvalue weighted by molar-refractivity contribution is -0.221. The molecule has 2 aromatic heterocycles. The second-order valence-electron chi connectivity index (χ2n) is 5.23. The SMILES string of the molecule is O=C(c1cccs1)c1cnc(N[C@H]2OC(CO)[C@@H](O)[C@H](O)C2O)s1. The number of aliphatic hydroxyl groups excluding tert-OH is 4. The molecule has 0 radical (unpaired) electrons. The Morgan fingerprint density at radius 1 is 1.25 bits per heavy atom. The number of rotatable bonds is 5. The predicted octanol–water partition coefficient (Wildman–Crippen LogP) is -0.353. The summed E-state index contributed by atoms with van der Waals surface area (Å²) in [6.45, 7) is -0.511. The predicted molar refractivity (Wildman–Crippen MR) is 87.3 cm³/mol. The van der Waals surface area contributed by atoms with Crippen LogP contribution >= 0.6 is 22.7 Å². The lowest BCUT2D eigenvalue weighted by Gasteiger charge is -2.40. The lowest BCUT2D eigenvalue weighted by atomic mass is 9.98. The van der Waals surface area contributed by atoms with Crippen LogP contribution in [0.1, 0.15) is 14.5 Å². The summed E-state index contributed by atoms with van der Waals surface area (Å²) >= 11 is 2.41. The Balaban J connectivity index is 1.71. The van der Waals surface area contributed by atoms with Crippen molar-refractivity contribution in [2.24, 2.45) is 0 Å². The second-order valence-corrected chi connectivity index (χ2v) is 7.21. The maximum atomic E-state index is 12.2. The number of thiophene rings is 1. The molecule has 1 aliphatic rings. The van der Waals surface area contributed by atoms with Crippen LogP contribution in [0.2, 0.25) is 0 Å². The summed E-state index contributed by atoms with van der Waals surface area (Å²) in [5, 5.41) is 43.6. The van der Waals surface area contributed by atoms with E-state index in [-0.39, 0.29) is 5.78 Å². The van der Waals surface area contributed by atoms with E-state index in [1.165, 1.54) is 17.5 Å². The number of hydrogen-bond acceptors (Lipinski definition) is 10. The Bertz CT molecular complexity index is 689. The maximum Gasteiger partial charge on any atom is 0.214 e. The summed E-state index contributed by atoms with van der Waals surface area (Å²) in [5.41, 5.74) is 0. The van der Waals surface area contributed by atoms with Gasteiger partial charge in [-0.15, -0.1) is 11.3 Å². The van der Waals surface area contributed by atoms with E-state index in [2.05, 4.69) is 10.3 Å². The first kappa shape index (κ1) is 17.4. The molecule has 2 aromatic rings. The largest absolute Gasteiger partial charge is 0.394 e. The third-order valence-electron chi connectivity index (χ3n) is 3.63. The molecule has 1 fully saturated rings. The molecule has 5 atom stereocenters. The number of nitrogens with one attached hydrogen (secondary N) is 1. The lowest BCUT2D eigenvalue weighted by Crippen LogP contribution is -2.60. The minimum Gasteiger partial charge on any atom is -0.394 e. The summed E-state index contributed by atoms with van der Waals surface area (Å²) in [7, 11) is 0. The molecular weight excluding hydrogens is 356 g/mol. The standard InChI is InChI=1S/C14H16N2O6S2/c17-5-6-9(18)11(20)12(21)13(22-6)16-14-15-4-8(24-14)10(19)7-2-1-3-23-7/h1-4,6,9,11-13,17-18,20-21H,5H2,(H,15,16)/t6?,9-,11+,12?,13+/m1/s1. The molecule has 10 heteroatoms. The number of nitrogens with zero attached hydrogens (tertiary/aromatic N) is 1. The molecule has 24 heavy (non-hydrogen) atoms. The van der Waals surface area contributed by atoms with Gasteiger partial charge in [-0.2, -0.15) is 0 Å². The van der Waals surface area contributed by atoms with Crippen LogP contribution in [0.5, 0.6) is 0 Å². The van der Waals surface area contributed by atoms with Gasteiger partial charge < -0.3 is 30.5 Å². The summed E-state index contributed by atoms with van der Waals surface area (Å²) in [5.74, 6) is -0.149. The van der Waals surface area contributed by atoms with Gasteiger partial charge in [0.15, 0.2) is 11.4 Å². The Hall–Kier alpha value is -1.40. The summed E-state index contributed by atoms with van der Waals surface area (Å²) in [4.78, 5) is 17.3. The van der Waals surface area contributed by atoms with Crippen molar-refractivity contribution in [1.82, 2.24) is 4.98 Å². The van der Waals surface area contributed by atoms with E-state index in [0.717, 1.165) is 11.3 Å². The van der Waals surface area contributed by atoms with Crippen LogP contribution in [0.15, 0.2) is 23.7 Å². The van der Waals surface area contributed by atoms with Gasteiger partial charge in [0, 0.05) is 0 Å². The van der Waals surface area contributed by atoms with Crippen molar-refractivity contribution in [3.8, 4) is 0 Å². The van der Waals surface area contributed by atoms with Gasteiger partial charge in [0.05, 0.1) is 22.6 Å². The van der Waals surface area contributed by atoms with Gasteiger partial charge in [0.2, 0.25) is 5.78 Å². The number of carbonyl (C=O) groups is 1. The number of ketones is 1. The molecule has 8 nitrogen and oxygen atoms in total. The van der Waals surface area contributed by atoms with Crippen LogP contribution in [0.4, 0.5) is 5.13 Å². The zero-order chi connectivity index (χ0) is 17.3. The molecule has 0 aromatic carbocycles. The van der Waals surface area contributed by atoms with Crippen LogP contribution < -0.4 is 5.32 Å². The van der Waals surface area contributed by atoms with Crippen LogP contribution in [0.3, 0.4) is 0 Å². The highest BCUT2D eigenvalue weighted by molar-refractivity contribution is 7.19. The van der Waals surface area contributed by atoms with E-state index in [9.17, 15) is 20.1 Å². The monoisotopic (exact) mass is 372 g/mol. The molecule has 0 saturated carbocycles. The second kappa shape index (κ2) is 7.23. The Morgan fingerprint density at radius 3 is 2.71 bits per heavy atom. The summed E-state index contributed by atoms with van der Waals surface area (Å²) in [6.07, 6.45) is -4.97. The minimum atomic E-state index is -1.47. The molecule has 2 unspecified atom stereocenters. The quantitative estimate of drug-likeness (QED) is 0.450. The maximum absolute atomic E-state index is 12.2. The first-order valence-corrected chi connectivity index (χ1v) is 8.82. The fourth-order valence-electron chi connectivity index (χ4n) is 2.32. The molecular formula is C14H16N2O6S2. The van der Waals surface area contributed by atoms with Gasteiger partial charge in [0.1, 0.15) is 24.4 Å². The normalized spacial score (nSPS) is 30.2. The molecule has 130 valence electrons. The zero-order valence-electron chi connectivity index (χ0n) is 12.3. The van der Waals surface area contributed by atoms with Crippen molar-refractivity contribution in [3.05, 3.63) is 33.5 Å². The van der Waals surface area contributed by atoms with Gasteiger partial charge >= 0.3 is 0 Å². The smallest absolute Gasteiger partial charge is 0.214 e. The van der Waals surface area contributed by atoms with Crippen LogP contribution in [0.25, 0.3) is 0 Å². The van der Waals surface area contributed by atoms with Gasteiger partial charge in [-0.05, 0) is 11.4 Å². The highest BCUT2D eigenvalue weighted by Crippen LogP contribution is 2.27. The molecule has 3 rings (SSSR count). The van der Waals surface area contributed by atoms with Gasteiger partial charge in [-0.1, -0.05) is 17.4 Å². The number of aromatic nitrogens is 1. The third-order valence-corrected chi connectivity index (χ3v) is 5.43. The van der Waals surface area contributed by atoms with Crippen LogP contribution in [-0.2, 0) is 4.74 Å². The van der Waals surface area contributed by atoms with Crippen molar-refractivity contribution >= 4 is 33.6 Å². The fourth-order valence-corrected chi connectivity index (χ4v) is 3.86. The molecule has 0 amide bonds. The Labute approximate surface area is 145 Å². The molecule has 1 saturated heterocycles. The first-order chi connectivity index (χ1) is 11.5.